The van der Waals surface area contributed by atoms with Crippen LogP contribution in [0.5, 0.6) is 0 Å². The van der Waals surface area contributed by atoms with Gasteiger partial charge in [0.1, 0.15) is 0 Å². The number of hydrogen-bond acceptors (Lipinski definition) is 1. The van der Waals surface area contributed by atoms with Crippen LogP contribution in [0.25, 0.3) is 0 Å². The SMILES string of the molecule is CCCCC(C)(C)c1sc(Cl)cc1C. The number of hydrogen-bond donors (Lipinski definition) is 0. The lowest BCUT2D eigenvalue weighted by atomic mass is 9.84. The molecule has 0 unspecified atom stereocenters. The molecule has 1 rings (SSSR count). The molecule has 1 aromatic heterocycles. The largest absolute Gasteiger partial charge is 0.128 e. The molecule has 0 radical (unpaired) electrons. The van der Waals surface area contributed by atoms with Crippen molar-refractivity contribution in [2.75, 3.05) is 0 Å². The van der Waals surface area contributed by atoms with Crippen LogP contribution in [0.4, 0.5) is 0 Å². The zero-order chi connectivity index (χ0) is 10.8. The molecule has 0 aliphatic rings. The van der Waals surface area contributed by atoms with Crippen molar-refractivity contribution in [2.24, 2.45) is 0 Å². The average Bonchev–Trinajstić information content (AvgIpc) is 2.42. The predicted molar refractivity (Wildman–Crippen MR) is 66.6 cm³/mol. The maximum absolute atomic E-state index is 6.02. The molecule has 2 heteroatoms. The second-order valence-electron chi connectivity index (χ2n) is 4.55. The van der Waals surface area contributed by atoms with E-state index >= 15 is 0 Å². The van der Waals surface area contributed by atoms with E-state index in [0.717, 1.165) is 4.34 Å². The van der Waals surface area contributed by atoms with Crippen molar-refractivity contribution in [2.45, 2.75) is 52.4 Å². The van der Waals surface area contributed by atoms with Crippen LogP contribution in [0.2, 0.25) is 4.34 Å². The third kappa shape index (κ3) is 2.74. The highest BCUT2D eigenvalue weighted by atomic mass is 35.5. The van der Waals surface area contributed by atoms with Crippen LogP contribution >= 0.6 is 22.9 Å². The van der Waals surface area contributed by atoms with E-state index in [4.69, 9.17) is 11.6 Å². The van der Waals surface area contributed by atoms with Gasteiger partial charge in [0.25, 0.3) is 0 Å². The quantitative estimate of drug-likeness (QED) is 0.669. The molecule has 80 valence electrons. The maximum atomic E-state index is 6.02. The van der Waals surface area contributed by atoms with Gasteiger partial charge < -0.3 is 0 Å². The second-order valence-corrected chi connectivity index (χ2v) is 6.23. The zero-order valence-electron chi connectivity index (χ0n) is 9.48. The van der Waals surface area contributed by atoms with Crippen LogP contribution in [-0.2, 0) is 5.41 Å². The van der Waals surface area contributed by atoms with Crippen LogP contribution < -0.4 is 0 Å². The molecule has 0 atom stereocenters. The summed E-state index contributed by atoms with van der Waals surface area (Å²) in [5, 5.41) is 0. The standard InChI is InChI=1S/C12H19ClS/c1-5-6-7-12(3,4)11-9(2)8-10(13)14-11/h8H,5-7H2,1-4H3. The van der Waals surface area contributed by atoms with E-state index in [1.165, 1.54) is 29.7 Å². The number of thiophene rings is 1. The fourth-order valence-corrected chi connectivity index (χ4v) is 3.27. The van der Waals surface area contributed by atoms with Gasteiger partial charge in [-0.3, -0.25) is 0 Å². The van der Waals surface area contributed by atoms with Gasteiger partial charge in [-0.2, -0.15) is 0 Å². The molecule has 0 aromatic carbocycles. The summed E-state index contributed by atoms with van der Waals surface area (Å²) in [5.41, 5.74) is 1.64. The molecule has 0 saturated carbocycles. The van der Waals surface area contributed by atoms with E-state index in [0.29, 0.717) is 0 Å². The van der Waals surface area contributed by atoms with Gasteiger partial charge >= 0.3 is 0 Å². The summed E-state index contributed by atoms with van der Waals surface area (Å²) in [6.07, 6.45) is 3.81. The number of halogens is 1. The lowest BCUT2D eigenvalue weighted by Crippen LogP contribution is -2.16. The molecule has 0 saturated heterocycles. The van der Waals surface area contributed by atoms with Gasteiger partial charge in [0.15, 0.2) is 0 Å². The molecule has 1 heterocycles. The van der Waals surface area contributed by atoms with Crippen LogP contribution in [-0.4, -0.2) is 0 Å². The van der Waals surface area contributed by atoms with E-state index in [-0.39, 0.29) is 5.41 Å². The molecule has 0 spiro atoms. The first kappa shape index (κ1) is 12.1. The molecule has 0 bridgehead atoms. The topological polar surface area (TPSA) is 0 Å². The van der Waals surface area contributed by atoms with Gasteiger partial charge in [-0.15, -0.1) is 11.3 Å². The van der Waals surface area contributed by atoms with Crippen molar-refractivity contribution in [3.63, 3.8) is 0 Å². The molecular weight excluding hydrogens is 212 g/mol. The first-order valence-electron chi connectivity index (χ1n) is 5.24. The van der Waals surface area contributed by atoms with Crippen molar-refractivity contribution < 1.29 is 0 Å². The zero-order valence-corrected chi connectivity index (χ0v) is 11.1. The molecule has 0 aliphatic heterocycles. The van der Waals surface area contributed by atoms with Crippen LogP contribution in [0.1, 0.15) is 50.5 Å². The molecule has 0 amide bonds. The fourth-order valence-electron chi connectivity index (χ4n) is 1.85. The van der Waals surface area contributed by atoms with E-state index < -0.39 is 0 Å². The highest BCUT2D eigenvalue weighted by molar-refractivity contribution is 7.16. The number of aryl methyl sites for hydroxylation is 1. The Kier molecular flexibility index (Phi) is 4.03. The minimum Gasteiger partial charge on any atom is -0.128 e. The van der Waals surface area contributed by atoms with Gasteiger partial charge in [-0.25, -0.2) is 0 Å². The molecular formula is C12H19ClS. The Labute approximate surface area is 96.3 Å². The smallest absolute Gasteiger partial charge is 0.0934 e. The van der Waals surface area contributed by atoms with Crippen molar-refractivity contribution in [1.29, 1.82) is 0 Å². The Hall–Kier alpha value is -0.0100. The van der Waals surface area contributed by atoms with E-state index in [1.54, 1.807) is 11.3 Å². The van der Waals surface area contributed by atoms with Gasteiger partial charge in [0.05, 0.1) is 4.34 Å². The molecule has 1 aromatic rings. The Morgan fingerprint density at radius 1 is 1.43 bits per heavy atom. The number of rotatable bonds is 4. The highest BCUT2D eigenvalue weighted by Crippen LogP contribution is 2.38. The Morgan fingerprint density at radius 3 is 2.50 bits per heavy atom. The molecule has 0 N–H and O–H groups in total. The predicted octanol–water partition coefficient (Wildman–Crippen LogP) is 5.18. The third-order valence-corrected chi connectivity index (χ3v) is 4.39. The van der Waals surface area contributed by atoms with Crippen molar-refractivity contribution in [1.82, 2.24) is 0 Å². The normalized spacial score (nSPS) is 12.1. The minimum absolute atomic E-state index is 0.290. The summed E-state index contributed by atoms with van der Waals surface area (Å²) < 4.78 is 0.919. The van der Waals surface area contributed by atoms with E-state index in [9.17, 15) is 0 Å². The molecule has 0 fully saturated rings. The van der Waals surface area contributed by atoms with Crippen LogP contribution in [0.3, 0.4) is 0 Å². The molecule has 0 aliphatic carbocycles. The minimum atomic E-state index is 0.290. The summed E-state index contributed by atoms with van der Waals surface area (Å²) in [5.74, 6) is 0. The van der Waals surface area contributed by atoms with E-state index in [2.05, 4.69) is 33.8 Å². The first-order valence-corrected chi connectivity index (χ1v) is 6.43. The van der Waals surface area contributed by atoms with Crippen molar-refractivity contribution >= 4 is 22.9 Å². The average molecular weight is 231 g/mol. The van der Waals surface area contributed by atoms with Crippen LogP contribution in [0, 0.1) is 6.92 Å². The van der Waals surface area contributed by atoms with Gasteiger partial charge in [-0.1, -0.05) is 45.2 Å². The second kappa shape index (κ2) is 4.67. The molecule has 0 nitrogen and oxygen atoms in total. The Balaban J connectivity index is 2.85. The van der Waals surface area contributed by atoms with E-state index in [1.807, 2.05) is 0 Å². The lowest BCUT2D eigenvalue weighted by Gasteiger charge is -2.24. The van der Waals surface area contributed by atoms with Crippen molar-refractivity contribution in [3.05, 3.63) is 20.8 Å². The lowest BCUT2D eigenvalue weighted by molar-refractivity contribution is 0.464. The summed E-state index contributed by atoms with van der Waals surface area (Å²) in [6, 6.07) is 2.08. The first-order chi connectivity index (χ1) is 6.47. The summed E-state index contributed by atoms with van der Waals surface area (Å²) >= 11 is 7.76. The number of unbranched alkanes of at least 4 members (excludes halogenated alkanes) is 1. The maximum Gasteiger partial charge on any atom is 0.0934 e. The molecule has 14 heavy (non-hydrogen) atoms. The van der Waals surface area contributed by atoms with Gasteiger partial charge in [-0.05, 0) is 30.4 Å². The summed E-state index contributed by atoms with van der Waals surface area (Å²) in [7, 11) is 0. The Bertz CT molecular complexity index is 299. The van der Waals surface area contributed by atoms with Crippen LogP contribution in [0.15, 0.2) is 6.07 Å². The van der Waals surface area contributed by atoms with Gasteiger partial charge in [0.2, 0.25) is 0 Å². The highest BCUT2D eigenvalue weighted by Gasteiger charge is 2.23. The fraction of sp³-hybridized carbons (Fsp3) is 0.667. The third-order valence-electron chi connectivity index (χ3n) is 2.66. The Morgan fingerprint density at radius 2 is 2.07 bits per heavy atom. The summed E-state index contributed by atoms with van der Waals surface area (Å²) in [6.45, 7) is 9.03. The summed E-state index contributed by atoms with van der Waals surface area (Å²) in [4.78, 5) is 1.45. The van der Waals surface area contributed by atoms with Crippen molar-refractivity contribution in [3.8, 4) is 0 Å². The monoisotopic (exact) mass is 230 g/mol. The van der Waals surface area contributed by atoms with Gasteiger partial charge in [0, 0.05) is 4.88 Å².